The van der Waals surface area contributed by atoms with E-state index in [-0.39, 0.29) is 6.10 Å². The number of aromatic nitrogens is 2. The molecule has 0 bridgehead atoms. The van der Waals surface area contributed by atoms with Crippen LogP contribution in [-0.4, -0.2) is 21.2 Å². The van der Waals surface area contributed by atoms with Gasteiger partial charge in [0.15, 0.2) is 0 Å². The Morgan fingerprint density at radius 3 is 2.60 bits per heavy atom. The summed E-state index contributed by atoms with van der Waals surface area (Å²) in [5.74, 6) is 4.16. The molecule has 4 aliphatic carbocycles. The molecule has 1 heterocycles. The molecule has 2 N–H and O–H groups in total. The third-order valence-electron chi connectivity index (χ3n) is 9.53. The van der Waals surface area contributed by atoms with Crippen LogP contribution in [0, 0.1) is 34.5 Å². The lowest BCUT2D eigenvalue weighted by Crippen LogP contribution is -2.53. The highest BCUT2D eigenvalue weighted by atomic mass is 16.3. The van der Waals surface area contributed by atoms with E-state index >= 15 is 0 Å². The van der Waals surface area contributed by atoms with Crippen LogP contribution in [0.1, 0.15) is 83.2 Å². The Balaban J connectivity index is 1.44. The van der Waals surface area contributed by atoms with Crippen LogP contribution < -0.4 is 0 Å². The summed E-state index contributed by atoms with van der Waals surface area (Å²) in [4.78, 5) is 7.74. The molecule has 3 heteroatoms. The Labute approximate surface area is 152 Å². The van der Waals surface area contributed by atoms with E-state index in [4.69, 9.17) is 0 Å². The lowest BCUT2D eigenvalue weighted by atomic mass is 9.44. The van der Waals surface area contributed by atoms with Gasteiger partial charge < -0.3 is 10.1 Å². The summed E-state index contributed by atoms with van der Waals surface area (Å²) < 4.78 is 0. The molecule has 4 aliphatic rings. The molecule has 3 nitrogen and oxygen atoms in total. The van der Waals surface area contributed by atoms with E-state index < -0.39 is 0 Å². The van der Waals surface area contributed by atoms with Crippen molar-refractivity contribution in [2.24, 2.45) is 34.5 Å². The molecule has 8 atom stereocenters. The van der Waals surface area contributed by atoms with Gasteiger partial charge in [0.1, 0.15) is 0 Å². The fraction of sp³-hybridized carbons (Fsp3) is 0.864. The minimum Gasteiger partial charge on any atom is -0.393 e. The van der Waals surface area contributed by atoms with E-state index in [0.29, 0.717) is 16.7 Å². The molecule has 0 saturated heterocycles. The van der Waals surface area contributed by atoms with E-state index in [2.05, 4.69) is 30.0 Å². The molecule has 4 fully saturated rings. The Morgan fingerprint density at radius 1 is 1.00 bits per heavy atom. The first kappa shape index (κ1) is 16.4. The number of aliphatic hydroxyl groups excluding tert-OH is 1. The fourth-order valence-electron chi connectivity index (χ4n) is 8.20. The molecule has 5 unspecified atom stereocenters. The quantitative estimate of drug-likeness (QED) is 0.763. The van der Waals surface area contributed by atoms with Gasteiger partial charge in [0.2, 0.25) is 0 Å². The molecule has 0 radical (unpaired) electrons. The van der Waals surface area contributed by atoms with Gasteiger partial charge in [0, 0.05) is 17.8 Å². The van der Waals surface area contributed by atoms with E-state index in [1.165, 1.54) is 50.6 Å². The summed E-state index contributed by atoms with van der Waals surface area (Å²) in [5.41, 5.74) is 2.34. The normalized spacial score (nSPS) is 52.3. The predicted molar refractivity (Wildman–Crippen MR) is 99.1 cm³/mol. The van der Waals surface area contributed by atoms with Gasteiger partial charge in [-0.1, -0.05) is 13.8 Å². The van der Waals surface area contributed by atoms with Gasteiger partial charge in [-0.25, -0.2) is 4.98 Å². The van der Waals surface area contributed by atoms with Crippen LogP contribution >= 0.6 is 0 Å². The SMILES string of the molecule is C[C@]12CC[C@H](O)CC1CCC1C2CC[C@]2(C)C(c3cnc[nH]3)CCC12. The van der Waals surface area contributed by atoms with Gasteiger partial charge in [0.25, 0.3) is 0 Å². The van der Waals surface area contributed by atoms with Crippen LogP contribution in [0.3, 0.4) is 0 Å². The Kier molecular flexibility index (Phi) is 3.65. The highest BCUT2D eigenvalue weighted by molar-refractivity contribution is 5.18. The van der Waals surface area contributed by atoms with Crippen molar-refractivity contribution >= 4 is 0 Å². The fourth-order valence-corrected chi connectivity index (χ4v) is 8.20. The van der Waals surface area contributed by atoms with Crippen molar-refractivity contribution in [2.45, 2.75) is 83.7 Å². The molecular formula is C22H34N2O. The molecule has 0 aliphatic heterocycles. The van der Waals surface area contributed by atoms with Gasteiger partial charge in [-0.2, -0.15) is 0 Å². The summed E-state index contributed by atoms with van der Waals surface area (Å²) in [6, 6.07) is 0. The number of hydrogen-bond acceptors (Lipinski definition) is 2. The van der Waals surface area contributed by atoms with Crippen molar-refractivity contribution in [3.05, 3.63) is 18.2 Å². The summed E-state index contributed by atoms with van der Waals surface area (Å²) in [7, 11) is 0. The molecule has 5 rings (SSSR count). The highest BCUT2D eigenvalue weighted by Crippen LogP contribution is 2.68. The molecule has 0 spiro atoms. The van der Waals surface area contributed by atoms with Crippen molar-refractivity contribution in [2.75, 3.05) is 0 Å². The lowest BCUT2D eigenvalue weighted by molar-refractivity contribution is -0.123. The maximum atomic E-state index is 10.2. The lowest BCUT2D eigenvalue weighted by Gasteiger charge is -2.61. The van der Waals surface area contributed by atoms with Crippen LogP contribution in [0.4, 0.5) is 0 Å². The Bertz CT molecular complexity index is 628. The third kappa shape index (κ3) is 2.23. The molecule has 25 heavy (non-hydrogen) atoms. The largest absolute Gasteiger partial charge is 0.393 e. The molecular weight excluding hydrogens is 308 g/mol. The number of H-pyrrole nitrogens is 1. The van der Waals surface area contributed by atoms with Gasteiger partial charge in [-0.15, -0.1) is 0 Å². The van der Waals surface area contributed by atoms with Gasteiger partial charge in [-0.05, 0) is 92.3 Å². The molecule has 1 aromatic heterocycles. The number of hydrogen-bond donors (Lipinski definition) is 2. The number of rotatable bonds is 1. The molecule has 1 aromatic rings. The van der Waals surface area contributed by atoms with Crippen molar-refractivity contribution in [1.82, 2.24) is 9.97 Å². The van der Waals surface area contributed by atoms with Crippen LogP contribution in [-0.2, 0) is 0 Å². The first-order valence-corrected chi connectivity index (χ1v) is 10.7. The second kappa shape index (κ2) is 5.58. The minimum absolute atomic E-state index is 0.0280. The van der Waals surface area contributed by atoms with Gasteiger partial charge in [-0.3, -0.25) is 0 Å². The summed E-state index contributed by atoms with van der Waals surface area (Å²) in [6.45, 7) is 5.18. The number of aromatic amines is 1. The third-order valence-corrected chi connectivity index (χ3v) is 9.53. The number of imidazole rings is 1. The van der Waals surface area contributed by atoms with Crippen LogP contribution in [0.15, 0.2) is 12.5 Å². The van der Waals surface area contributed by atoms with Crippen molar-refractivity contribution in [3.8, 4) is 0 Å². The molecule has 138 valence electrons. The van der Waals surface area contributed by atoms with Gasteiger partial charge >= 0.3 is 0 Å². The number of nitrogens with zero attached hydrogens (tertiary/aromatic N) is 1. The summed E-state index contributed by atoms with van der Waals surface area (Å²) in [6.07, 6.45) is 15.6. The average Bonchev–Trinajstić information content (AvgIpc) is 3.22. The van der Waals surface area contributed by atoms with E-state index in [1.807, 2.05) is 6.33 Å². The standard InChI is InChI=1S/C22H34N2O/c1-21-9-7-15(25)11-14(21)3-4-16-17-5-6-19(20-12-23-13-24-20)22(17,2)10-8-18(16)21/h12-19,25H,3-11H2,1-2H3,(H,23,24)/t14?,15-,16?,17?,18?,19?,21-,22-/m0/s1. The minimum atomic E-state index is -0.0280. The van der Waals surface area contributed by atoms with Crippen LogP contribution in [0.5, 0.6) is 0 Å². The van der Waals surface area contributed by atoms with Crippen molar-refractivity contribution in [1.29, 1.82) is 0 Å². The topological polar surface area (TPSA) is 48.9 Å². The zero-order valence-corrected chi connectivity index (χ0v) is 15.9. The van der Waals surface area contributed by atoms with Crippen molar-refractivity contribution < 1.29 is 5.11 Å². The number of fused-ring (bicyclic) bond motifs is 5. The summed E-state index contributed by atoms with van der Waals surface area (Å²) >= 11 is 0. The number of aliphatic hydroxyl groups is 1. The number of nitrogens with one attached hydrogen (secondary N) is 1. The second-order valence-corrected chi connectivity index (χ2v) is 10.3. The molecule has 0 aromatic carbocycles. The maximum Gasteiger partial charge on any atom is 0.0921 e. The van der Waals surface area contributed by atoms with Crippen LogP contribution in [0.2, 0.25) is 0 Å². The zero-order chi connectivity index (χ0) is 17.2. The molecule has 0 amide bonds. The first-order chi connectivity index (χ1) is 12.0. The molecule has 4 saturated carbocycles. The summed E-state index contributed by atoms with van der Waals surface area (Å²) in [5, 5.41) is 10.2. The Hall–Kier alpha value is -0.830. The van der Waals surface area contributed by atoms with E-state index in [0.717, 1.165) is 36.5 Å². The zero-order valence-electron chi connectivity index (χ0n) is 15.9. The van der Waals surface area contributed by atoms with E-state index in [9.17, 15) is 5.11 Å². The van der Waals surface area contributed by atoms with Crippen LogP contribution in [0.25, 0.3) is 0 Å². The van der Waals surface area contributed by atoms with Gasteiger partial charge in [0.05, 0.1) is 12.4 Å². The maximum absolute atomic E-state index is 10.2. The second-order valence-electron chi connectivity index (χ2n) is 10.3. The highest BCUT2D eigenvalue weighted by Gasteiger charge is 2.60. The first-order valence-electron chi connectivity index (χ1n) is 10.7. The van der Waals surface area contributed by atoms with Crippen molar-refractivity contribution in [3.63, 3.8) is 0 Å². The average molecular weight is 343 g/mol. The Morgan fingerprint density at radius 2 is 1.80 bits per heavy atom. The monoisotopic (exact) mass is 342 g/mol. The predicted octanol–water partition coefficient (Wildman–Crippen LogP) is 4.90. The van der Waals surface area contributed by atoms with E-state index in [1.54, 1.807) is 0 Å². The smallest absolute Gasteiger partial charge is 0.0921 e.